The molecule has 0 heterocycles. The van der Waals surface area contributed by atoms with E-state index in [2.05, 4.69) is 0 Å². The molecule has 0 aromatic carbocycles. The zero-order valence-electron chi connectivity index (χ0n) is 13.0. The molecule has 0 N–H and O–H groups in total. The first-order chi connectivity index (χ1) is 9.65. The number of esters is 1. The molecule has 0 atom stereocenters. The maximum absolute atomic E-state index is 12.2. The highest BCUT2D eigenvalue weighted by atomic mass is 31.2. The minimum absolute atomic E-state index is 0.304. The minimum Gasteiger partial charge on any atom is -0.465 e. The topological polar surface area (TPSA) is 63.2 Å². The Morgan fingerprint density at radius 3 is 1.35 bits per heavy atom. The van der Waals surface area contributed by atoms with Gasteiger partial charge in [-0.25, -0.2) is 0 Å². The van der Waals surface area contributed by atoms with Crippen LogP contribution in [0, 0.1) is 0 Å². The largest absolute Gasteiger partial charge is 0.465 e. The van der Waals surface area contributed by atoms with Gasteiger partial charge in [0.1, 0.15) is 0 Å². The van der Waals surface area contributed by atoms with Crippen LogP contribution in [-0.2, 0) is 27.6 Å². The van der Waals surface area contributed by atoms with Gasteiger partial charge < -0.3 is 22.8 Å². The van der Waals surface area contributed by atoms with E-state index >= 15 is 0 Å². The molecule has 0 spiro atoms. The molecule has 0 aromatic rings. The lowest BCUT2D eigenvalue weighted by Gasteiger charge is -2.28. The first-order valence-corrected chi connectivity index (χ1v) is 9.42. The van der Waals surface area contributed by atoms with Crippen LogP contribution in [0.3, 0.4) is 0 Å². The van der Waals surface area contributed by atoms with Gasteiger partial charge in [-0.1, -0.05) is 0 Å². The molecular weight excluding hydrogens is 302 g/mol. The second-order valence-corrected chi connectivity index (χ2v) is 6.98. The second-order valence-electron chi connectivity index (χ2n) is 3.37. The molecule has 0 aliphatic rings. The summed E-state index contributed by atoms with van der Waals surface area (Å²) in [6, 6.07) is 0. The van der Waals surface area contributed by atoms with Crippen LogP contribution < -0.4 is 0 Å². The van der Waals surface area contributed by atoms with Crippen LogP contribution in [0.25, 0.3) is 0 Å². The van der Waals surface area contributed by atoms with Gasteiger partial charge in [0.2, 0.25) is 0 Å². The van der Waals surface area contributed by atoms with E-state index in [9.17, 15) is 4.79 Å². The highest BCUT2D eigenvalue weighted by Gasteiger charge is 2.41. The van der Waals surface area contributed by atoms with Crippen molar-refractivity contribution in [2.75, 3.05) is 33.0 Å². The molecule has 0 aliphatic carbocycles. The lowest BCUT2D eigenvalue weighted by atomic mass is 10.7. The lowest BCUT2D eigenvalue weighted by molar-refractivity contribution is -0.141. The van der Waals surface area contributed by atoms with Crippen LogP contribution in [0.4, 0.5) is 0 Å². The number of hydrogen-bond acceptors (Lipinski definition) is 6. The molecule has 0 aliphatic heterocycles. The fourth-order valence-electron chi connectivity index (χ4n) is 1.33. The SMILES string of the molecule is CCOC(=O)C(P(OCC)OCC)P(OCC)OCC. The summed E-state index contributed by atoms with van der Waals surface area (Å²) in [6.45, 7) is 11.4. The Hall–Kier alpha value is 0.170. The van der Waals surface area contributed by atoms with Gasteiger partial charge in [-0.15, -0.1) is 0 Å². The van der Waals surface area contributed by atoms with E-state index in [0.717, 1.165) is 0 Å². The highest BCUT2D eigenvalue weighted by molar-refractivity contribution is 7.68. The predicted molar refractivity (Wildman–Crippen MR) is 80.8 cm³/mol. The molecule has 0 rings (SSSR count). The summed E-state index contributed by atoms with van der Waals surface area (Å²) in [5.41, 5.74) is 0. The quantitative estimate of drug-likeness (QED) is 0.402. The van der Waals surface area contributed by atoms with Crippen molar-refractivity contribution in [1.82, 2.24) is 0 Å². The summed E-state index contributed by atoms with van der Waals surface area (Å²) in [4.78, 5) is 12.2. The third-order valence-corrected chi connectivity index (χ3v) is 6.32. The lowest BCUT2D eigenvalue weighted by Crippen LogP contribution is -2.24. The number of rotatable bonds is 12. The molecule has 0 saturated heterocycles. The summed E-state index contributed by atoms with van der Waals surface area (Å²) in [7, 11) is -2.87. The predicted octanol–water partition coefficient (Wildman–Crippen LogP) is 3.65. The average Bonchev–Trinajstić information content (AvgIpc) is 2.40. The third-order valence-electron chi connectivity index (χ3n) is 1.92. The smallest absolute Gasteiger partial charge is 0.327 e. The molecule has 0 fully saturated rings. The Balaban J connectivity index is 5.11. The van der Waals surface area contributed by atoms with E-state index in [-0.39, 0.29) is 5.97 Å². The molecule has 0 saturated carbocycles. The van der Waals surface area contributed by atoms with Gasteiger partial charge in [-0.3, -0.25) is 4.79 Å². The van der Waals surface area contributed by atoms with Crippen molar-refractivity contribution in [1.29, 1.82) is 0 Å². The Morgan fingerprint density at radius 1 is 0.750 bits per heavy atom. The van der Waals surface area contributed by atoms with Gasteiger partial charge in [-0.2, -0.15) is 0 Å². The van der Waals surface area contributed by atoms with Crippen LogP contribution >= 0.6 is 16.8 Å². The molecule has 20 heavy (non-hydrogen) atoms. The zero-order chi connectivity index (χ0) is 15.4. The number of hydrogen-bond donors (Lipinski definition) is 0. The normalized spacial score (nSPS) is 11.6. The summed E-state index contributed by atoms with van der Waals surface area (Å²) in [6.07, 6.45) is 0. The maximum Gasteiger partial charge on any atom is 0.327 e. The van der Waals surface area contributed by atoms with Crippen LogP contribution in [0.5, 0.6) is 0 Å². The summed E-state index contributed by atoms with van der Waals surface area (Å²) in [5, 5.41) is -0.639. The van der Waals surface area contributed by atoms with Gasteiger partial charge >= 0.3 is 5.97 Å². The first kappa shape index (κ1) is 20.2. The van der Waals surface area contributed by atoms with Crippen LogP contribution in [0.2, 0.25) is 0 Å². The molecule has 0 unspecified atom stereocenters. The number of carbonyl (C=O) groups is 1. The van der Waals surface area contributed by atoms with E-state index in [4.69, 9.17) is 22.8 Å². The highest BCUT2D eigenvalue weighted by Crippen LogP contribution is 2.61. The second kappa shape index (κ2) is 12.9. The monoisotopic (exact) mass is 328 g/mol. The van der Waals surface area contributed by atoms with Gasteiger partial charge in [0, 0.05) is 0 Å². The molecule has 0 bridgehead atoms. The summed E-state index contributed by atoms with van der Waals surface area (Å²) >= 11 is 0. The Kier molecular flexibility index (Phi) is 13.0. The Labute approximate surface area is 124 Å². The van der Waals surface area contributed by atoms with Crippen LogP contribution in [0.15, 0.2) is 0 Å². The first-order valence-electron chi connectivity index (χ1n) is 6.92. The van der Waals surface area contributed by atoms with Crippen molar-refractivity contribution in [3.8, 4) is 0 Å². The number of ether oxygens (including phenoxy) is 1. The molecule has 0 amide bonds. The molecule has 8 heteroatoms. The summed E-state index contributed by atoms with van der Waals surface area (Å²) < 4.78 is 27.5. The van der Waals surface area contributed by atoms with Crippen LogP contribution in [0.1, 0.15) is 34.6 Å². The van der Waals surface area contributed by atoms with E-state index in [1.54, 1.807) is 6.92 Å². The van der Waals surface area contributed by atoms with Gasteiger partial charge in [0.05, 0.1) is 33.0 Å². The van der Waals surface area contributed by atoms with Gasteiger partial charge in [0.15, 0.2) is 22.2 Å². The van der Waals surface area contributed by atoms with E-state index in [1.165, 1.54) is 0 Å². The Bertz CT molecular complexity index is 226. The van der Waals surface area contributed by atoms with Crippen molar-refractivity contribution in [3.63, 3.8) is 0 Å². The van der Waals surface area contributed by atoms with E-state index < -0.39 is 22.2 Å². The van der Waals surface area contributed by atoms with E-state index in [1.807, 2.05) is 27.7 Å². The molecule has 120 valence electrons. The molecule has 0 aromatic heterocycles. The van der Waals surface area contributed by atoms with Crippen LogP contribution in [-0.4, -0.2) is 44.4 Å². The van der Waals surface area contributed by atoms with Crippen molar-refractivity contribution in [3.05, 3.63) is 0 Å². The van der Waals surface area contributed by atoms with Crippen molar-refractivity contribution >= 4 is 22.7 Å². The third kappa shape index (κ3) is 7.26. The van der Waals surface area contributed by atoms with Crippen molar-refractivity contribution in [2.45, 2.75) is 40.0 Å². The fraction of sp³-hybridized carbons (Fsp3) is 0.917. The molecule has 6 nitrogen and oxygen atoms in total. The number of carbonyl (C=O) groups excluding carboxylic acids is 1. The van der Waals surface area contributed by atoms with Crippen molar-refractivity contribution < 1.29 is 27.6 Å². The van der Waals surface area contributed by atoms with Gasteiger partial charge in [0.25, 0.3) is 0 Å². The van der Waals surface area contributed by atoms with E-state index in [0.29, 0.717) is 33.0 Å². The van der Waals surface area contributed by atoms with Crippen molar-refractivity contribution in [2.24, 2.45) is 0 Å². The average molecular weight is 328 g/mol. The Morgan fingerprint density at radius 2 is 1.10 bits per heavy atom. The molecular formula is C12H26O6P2. The van der Waals surface area contributed by atoms with Gasteiger partial charge in [-0.05, 0) is 34.6 Å². The molecule has 0 radical (unpaired) electrons. The fourth-order valence-corrected chi connectivity index (χ4v) is 4.97. The maximum atomic E-state index is 12.2. The zero-order valence-corrected chi connectivity index (χ0v) is 14.7. The summed E-state index contributed by atoms with van der Waals surface area (Å²) in [5.74, 6) is -0.381. The standard InChI is InChI=1S/C12H26O6P2/c1-6-14-11(13)12(19(15-7-2)16-8-3)20(17-9-4)18-10-5/h12H,6-10H2,1-5H3. The minimum atomic E-state index is -1.43.